The second-order valence-electron chi connectivity index (χ2n) is 5.22. The van der Waals surface area contributed by atoms with Crippen molar-refractivity contribution in [2.24, 2.45) is 5.92 Å². The lowest BCUT2D eigenvalue weighted by Crippen LogP contribution is -2.41. The minimum absolute atomic E-state index is 0.333. The van der Waals surface area contributed by atoms with Crippen LogP contribution < -0.4 is 5.32 Å². The Balaban J connectivity index is 2.48. The van der Waals surface area contributed by atoms with Gasteiger partial charge in [-0.3, -0.25) is 4.79 Å². The highest BCUT2D eigenvalue weighted by atomic mass is 16.2. The largest absolute Gasteiger partial charge is 0.341 e. The van der Waals surface area contributed by atoms with Crippen molar-refractivity contribution < 1.29 is 4.79 Å². The molecule has 0 aromatic rings. The summed E-state index contributed by atoms with van der Waals surface area (Å²) < 4.78 is 0. The number of carbonyl (C=O) groups excluding carboxylic acids is 1. The first-order valence-corrected chi connectivity index (χ1v) is 6.64. The van der Waals surface area contributed by atoms with Gasteiger partial charge in [0, 0.05) is 25.6 Å². The Morgan fingerprint density at radius 2 is 2.25 bits per heavy atom. The highest BCUT2D eigenvalue weighted by Crippen LogP contribution is 2.11. The highest BCUT2D eigenvalue weighted by molar-refractivity contribution is 5.76. The Morgan fingerprint density at radius 3 is 2.88 bits per heavy atom. The summed E-state index contributed by atoms with van der Waals surface area (Å²) >= 11 is 0. The van der Waals surface area contributed by atoms with Gasteiger partial charge in [0.15, 0.2) is 0 Å². The lowest BCUT2D eigenvalue weighted by Gasteiger charge is -2.25. The second-order valence-corrected chi connectivity index (χ2v) is 5.22. The van der Waals surface area contributed by atoms with Gasteiger partial charge >= 0.3 is 0 Å². The van der Waals surface area contributed by atoms with Crippen molar-refractivity contribution in [1.29, 1.82) is 0 Å². The van der Waals surface area contributed by atoms with Crippen LogP contribution in [0.15, 0.2) is 0 Å². The number of hydrogen-bond donors (Lipinski definition) is 1. The van der Waals surface area contributed by atoms with Gasteiger partial charge in [-0.25, -0.2) is 0 Å². The molecule has 1 heterocycles. The van der Waals surface area contributed by atoms with E-state index in [0.717, 1.165) is 38.9 Å². The first-order valence-electron chi connectivity index (χ1n) is 6.64. The molecule has 1 aliphatic rings. The minimum atomic E-state index is 0.333. The summed E-state index contributed by atoms with van der Waals surface area (Å²) in [6.07, 6.45) is 3.91. The normalized spacial score (nSPS) is 22.2. The summed E-state index contributed by atoms with van der Waals surface area (Å²) in [6.45, 7) is 9.43. The average molecular weight is 226 g/mol. The molecular weight excluding hydrogens is 200 g/mol. The third-order valence-corrected chi connectivity index (χ3v) is 3.05. The summed E-state index contributed by atoms with van der Waals surface area (Å²) in [6, 6.07) is 0.489. The van der Waals surface area contributed by atoms with Crippen LogP contribution in [0.3, 0.4) is 0 Å². The lowest BCUT2D eigenvalue weighted by atomic mass is 10.0. The molecule has 1 unspecified atom stereocenters. The van der Waals surface area contributed by atoms with Gasteiger partial charge in [-0.05, 0) is 31.7 Å². The molecule has 0 bridgehead atoms. The van der Waals surface area contributed by atoms with Crippen molar-refractivity contribution in [3.8, 4) is 0 Å². The molecule has 94 valence electrons. The van der Waals surface area contributed by atoms with Crippen LogP contribution in [0.2, 0.25) is 0 Å². The van der Waals surface area contributed by atoms with Crippen molar-refractivity contribution in [2.45, 2.75) is 52.5 Å². The van der Waals surface area contributed by atoms with Gasteiger partial charge in [0.2, 0.25) is 5.91 Å². The Morgan fingerprint density at radius 1 is 1.50 bits per heavy atom. The van der Waals surface area contributed by atoms with Crippen LogP contribution in [0.4, 0.5) is 0 Å². The van der Waals surface area contributed by atoms with Gasteiger partial charge in [-0.15, -0.1) is 0 Å². The SMILES string of the molecule is CCCC(=O)N1CCCNC(CC(C)C)C1. The summed E-state index contributed by atoms with van der Waals surface area (Å²) in [7, 11) is 0. The number of hydrogen-bond acceptors (Lipinski definition) is 2. The van der Waals surface area contributed by atoms with Crippen LogP contribution in [-0.4, -0.2) is 36.5 Å². The summed E-state index contributed by atoms with van der Waals surface area (Å²) in [5.74, 6) is 1.03. The smallest absolute Gasteiger partial charge is 0.222 e. The van der Waals surface area contributed by atoms with E-state index in [4.69, 9.17) is 0 Å². The Labute approximate surface area is 99.6 Å². The van der Waals surface area contributed by atoms with Gasteiger partial charge < -0.3 is 10.2 Å². The second kappa shape index (κ2) is 6.89. The van der Waals surface area contributed by atoms with Gasteiger partial charge in [0.05, 0.1) is 0 Å². The van der Waals surface area contributed by atoms with Crippen LogP contribution in [-0.2, 0) is 4.79 Å². The third-order valence-electron chi connectivity index (χ3n) is 3.05. The molecule has 0 aromatic carbocycles. The van der Waals surface area contributed by atoms with Crippen molar-refractivity contribution in [3.63, 3.8) is 0 Å². The third kappa shape index (κ3) is 4.52. The van der Waals surface area contributed by atoms with Crippen molar-refractivity contribution in [2.75, 3.05) is 19.6 Å². The van der Waals surface area contributed by atoms with E-state index in [9.17, 15) is 4.79 Å². The molecule has 0 radical (unpaired) electrons. The molecule has 0 saturated carbocycles. The molecule has 3 heteroatoms. The van der Waals surface area contributed by atoms with Gasteiger partial charge in [0.1, 0.15) is 0 Å². The topological polar surface area (TPSA) is 32.3 Å². The standard InChI is InChI=1S/C13H26N2O/c1-4-6-13(16)15-8-5-7-14-12(10-15)9-11(2)3/h11-12,14H,4-10H2,1-3H3. The maximum absolute atomic E-state index is 11.9. The van der Waals surface area contributed by atoms with E-state index in [1.807, 2.05) is 0 Å². The highest BCUT2D eigenvalue weighted by Gasteiger charge is 2.21. The fourth-order valence-electron chi connectivity index (χ4n) is 2.32. The van der Waals surface area contributed by atoms with Crippen LogP contribution in [0.1, 0.15) is 46.5 Å². The maximum Gasteiger partial charge on any atom is 0.222 e. The molecule has 1 amide bonds. The van der Waals surface area contributed by atoms with E-state index in [1.54, 1.807) is 0 Å². The van der Waals surface area contributed by atoms with E-state index in [-0.39, 0.29) is 0 Å². The number of amides is 1. The molecule has 16 heavy (non-hydrogen) atoms. The van der Waals surface area contributed by atoms with Crippen molar-refractivity contribution in [1.82, 2.24) is 10.2 Å². The molecule has 1 N–H and O–H groups in total. The number of nitrogens with one attached hydrogen (secondary N) is 1. The van der Waals surface area contributed by atoms with Crippen molar-refractivity contribution in [3.05, 3.63) is 0 Å². The van der Waals surface area contributed by atoms with Gasteiger partial charge in [0.25, 0.3) is 0 Å². The van der Waals surface area contributed by atoms with Crippen LogP contribution in [0, 0.1) is 5.92 Å². The van der Waals surface area contributed by atoms with E-state index in [1.165, 1.54) is 0 Å². The molecular formula is C13H26N2O. The number of nitrogens with zero attached hydrogens (tertiary/aromatic N) is 1. The van der Waals surface area contributed by atoms with Gasteiger partial charge in [-0.2, -0.15) is 0 Å². The molecule has 3 nitrogen and oxygen atoms in total. The zero-order valence-electron chi connectivity index (χ0n) is 11.0. The zero-order valence-corrected chi connectivity index (χ0v) is 11.0. The molecule has 0 aliphatic carbocycles. The molecule has 0 spiro atoms. The molecule has 1 atom stereocenters. The van der Waals surface area contributed by atoms with E-state index >= 15 is 0 Å². The zero-order chi connectivity index (χ0) is 12.0. The van der Waals surface area contributed by atoms with Crippen LogP contribution in [0.5, 0.6) is 0 Å². The predicted molar refractivity (Wildman–Crippen MR) is 67.4 cm³/mol. The molecule has 1 fully saturated rings. The van der Waals surface area contributed by atoms with E-state index < -0.39 is 0 Å². The molecule has 1 saturated heterocycles. The molecule has 1 aliphatic heterocycles. The van der Waals surface area contributed by atoms with Crippen LogP contribution in [0.25, 0.3) is 0 Å². The minimum Gasteiger partial charge on any atom is -0.341 e. The fourth-order valence-corrected chi connectivity index (χ4v) is 2.32. The molecule has 1 rings (SSSR count). The Hall–Kier alpha value is -0.570. The molecule has 0 aromatic heterocycles. The monoisotopic (exact) mass is 226 g/mol. The summed E-state index contributed by atoms with van der Waals surface area (Å²) in [5, 5.41) is 3.55. The first-order chi connectivity index (χ1) is 7.63. The van der Waals surface area contributed by atoms with Crippen molar-refractivity contribution >= 4 is 5.91 Å². The summed E-state index contributed by atoms with van der Waals surface area (Å²) in [4.78, 5) is 13.9. The maximum atomic E-state index is 11.9. The Bertz CT molecular complexity index is 216. The van der Waals surface area contributed by atoms with Crippen LogP contribution >= 0.6 is 0 Å². The van der Waals surface area contributed by atoms with E-state index in [0.29, 0.717) is 24.3 Å². The number of rotatable bonds is 4. The fraction of sp³-hybridized carbons (Fsp3) is 0.923. The first kappa shape index (κ1) is 13.5. The lowest BCUT2D eigenvalue weighted by molar-refractivity contribution is -0.131. The Kier molecular flexibility index (Phi) is 5.81. The quantitative estimate of drug-likeness (QED) is 0.795. The van der Waals surface area contributed by atoms with E-state index in [2.05, 4.69) is 31.0 Å². The number of carbonyl (C=O) groups is 1. The van der Waals surface area contributed by atoms with Gasteiger partial charge in [-0.1, -0.05) is 20.8 Å². The average Bonchev–Trinajstić information content (AvgIpc) is 2.43. The summed E-state index contributed by atoms with van der Waals surface area (Å²) in [5.41, 5.74) is 0. The predicted octanol–water partition coefficient (Wildman–Crippen LogP) is 2.02.